The van der Waals surface area contributed by atoms with Gasteiger partial charge in [-0.05, 0) is 32.6 Å². The summed E-state index contributed by atoms with van der Waals surface area (Å²) in [6, 6.07) is 44.5. The van der Waals surface area contributed by atoms with Gasteiger partial charge >= 0.3 is 0 Å². The highest BCUT2D eigenvalue weighted by Crippen LogP contribution is 2.37. The fourth-order valence-electron chi connectivity index (χ4n) is 5.82. The van der Waals surface area contributed by atoms with Crippen LogP contribution in [0.2, 0.25) is 13.1 Å². The summed E-state index contributed by atoms with van der Waals surface area (Å²) in [5.41, 5.74) is 7.86. The van der Waals surface area contributed by atoms with E-state index in [4.69, 9.17) is 15.0 Å². The molecule has 4 heteroatoms. The Hall–Kier alpha value is -4.67. The lowest BCUT2D eigenvalue weighted by atomic mass is 9.98. The maximum Gasteiger partial charge on any atom is 0.164 e. The van der Waals surface area contributed by atoms with Gasteiger partial charge < -0.3 is 0 Å². The zero-order valence-corrected chi connectivity index (χ0v) is 23.0. The molecule has 0 spiro atoms. The third-order valence-corrected chi connectivity index (χ3v) is 11.3. The number of rotatable bonds is 4. The van der Waals surface area contributed by atoms with Crippen molar-refractivity contribution in [2.24, 2.45) is 0 Å². The molecule has 2 heterocycles. The molecule has 0 atom stereocenters. The molecule has 0 saturated carbocycles. The Morgan fingerprint density at radius 1 is 0.385 bits per heavy atom. The van der Waals surface area contributed by atoms with Crippen LogP contribution in [-0.4, -0.2) is 23.0 Å². The molecule has 0 aliphatic carbocycles. The van der Waals surface area contributed by atoms with E-state index >= 15 is 0 Å². The number of hydrogen-bond acceptors (Lipinski definition) is 3. The molecule has 5 aromatic carbocycles. The van der Waals surface area contributed by atoms with Crippen molar-refractivity contribution in [1.82, 2.24) is 15.0 Å². The Balaban J connectivity index is 1.50. The molecule has 7 rings (SSSR count). The highest BCUT2D eigenvalue weighted by molar-refractivity contribution is 7.04. The molecule has 0 N–H and O–H groups in total. The van der Waals surface area contributed by atoms with Crippen molar-refractivity contribution in [2.45, 2.75) is 13.1 Å². The molecule has 1 aromatic heterocycles. The Bertz CT molecular complexity index is 1830. The molecule has 6 aromatic rings. The third-order valence-electron chi connectivity index (χ3n) is 7.77. The minimum Gasteiger partial charge on any atom is -0.208 e. The smallest absolute Gasteiger partial charge is 0.164 e. The zero-order valence-electron chi connectivity index (χ0n) is 22.0. The number of aromatic nitrogens is 3. The largest absolute Gasteiger partial charge is 0.208 e. The van der Waals surface area contributed by atoms with Gasteiger partial charge in [-0.2, -0.15) is 0 Å². The number of hydrogen-bond donors (Lipinski definition) is 0. The quantitative estimate of drug-likeness (QED) is 0.230. The van der Waals surface area contributed by atoms with Gasteiger partial charge in [0.1, 0.15) is 8.07 Å². The Morgan fingerprint density at radius 2 is 0.872 bits per heavy atom. The predicted octanol–water partition coefficient (Wildman–Crippen LogP) is 7.34. The second kappa shape index (κ2) is 9.26. The summed E-state index contributed by atoms with van der Waals surface area (Å²) < 4.78 is 0. The van der Waals surface area contributed by atoms with E-state index in [9.17, 15) is 0 Å². The van der Waals surface area contributed by atoms with Crippen LogP contribution < -0.4 is 10.4 Å². The summed E-state index contributed by atoms with van der Waals surface area (Å²) in [5.74, 6) is 2.07. The lowest BCUT2D eigenvalue weighted by Crippen LogP contribution is -2.49. The molecular formula is C35H27N3Si. The van der Waals surface area contributed by atoms with Crippen LogP contribution in [0.3, 0.4) is 0 Å². The number of nitrogens with zero attached hydrogens (tertiary/aromatic N) is 3. The first-order valence-electron chi connectivity index (χ1n) is 13.3. The van der Waals surface area contributed by atoms with Crippen LogP contribution in [0.25, 0.3) is 56.4 Å². The summed E-state index contributed by atoms with van der Waals surface area (Å²) in [6.45, 7) is 4.87. The van der Waals surface area contributed by atoms with Gasteiger partial charge in [0.15, 0.2) is 17.5 Å². The maximum atomic E-state index is 5.18. The lowest BCUT2D eigenvalue weighted by Gasteiger charge is -2.19. The SMILES string of the molecule is C[Si]1(C)c2ccccc2-c2c(-c3nc(-c4ccccc4)nc(-c4ccccc4-c4ccccc4)n3)cccc21. The van der Waals surface area contributed by atoms with Gasteiger partial charge in [-0.25, -0.2) is 15.0 Å². The molecule has 0 saturated heterocycles. The van der Waals surface area contributed by atoms with Gasteiger partial charge in [-0.15, -0.1) is 0 Å². The van der Waals surface area contributed by atoms with Gasteiger partial charge in [-0.1, -0.05) is 140 Å². The first kappa shape index (κ1) is 23.4. The van der Waals surface area contributed by atoms with Crippen LogP contribution in [0.1, 0.15) is 0 Å². The average molecular weight is 518 g/mol. The standard InChI is InChI=1S/C35H27N3Si/c1-39(2)30-22-12-11-20-28(30)32-29(21-13-23-31(32)39)35-37-33(25-16-7-4-8-17-25)36-34(38-35)27-19-10-9-18-26(27)24-14-5-3-6-15-24/h3-23H,1-2H3. The van der Waals surface area contributed by atoms with Crippen molar-refractivity contribution in [2.75, 3.05) is 0 Å². The molecule has 0 unspecified atom stereocenters. The Labute approximate surface area is 229 Å². The maximum absolute atomic E-state index is 5.18. The average Bonchev–Trinajstić information content (AvgIpc) is 3.24. The molecule has 1 aliphatic heterocycles. The molecule has 0 amide bonds. The van der Waals surface area contributed by atoms with Gasteiger partial charge in [0.2, 0.25) is 0 Å². The molecule has 0 fully saturated rings. The van der Waals surface area contributed by atoms with Crippen molar-refractivity contribution < 1.29 is 0 Å². The topological polar surface area (TPSA) is 38.7 Å². The molecule has 1 aliphatic rings. The van der Waals surface area contributed by atoms with E-state index in [1.807, 2.05) is 24.3 Å². The van der Waals surface area contributed by atoms with E-state index in [2.05, 4.69) is 116 Å². The van der Waals surface area contributed by atoms with Crippen molar-refractivity contribution in [3.8, 4) is 56.4 Å². The van der Waals surface area contributed by atoms with E-state index < -0.39 is 8.07 Å². The molecular weight excluding hydrogens is 490 g/mol. The van der Waals surface area contributed by atoms with Crippen molar-refractivity contribution >= 4 is 18.4 Å². The molecule has 0 radical (unpaired) electrons. The second-order valence-corrected chi connectivity index (χ2v) is 14.8. The van der Waals surface area contributed by atoms with E-state index in [-0.39, 0.29) is 0 Å². The van der Waals surface area contributed by atoms with E-state index in [0.29, 0.717) is 17.5 Å². The Morgan fingerprint density at radius 3 is 1.59 bits per heavy atom. The first-order chi connectivity index (χ1) is 19.1. The van der Waals surface area contributed by atoms with E-state index in [1.165, 1.54) is 21.5 Å². The van der Waals surface area contributed by atoms with Gasteiger partial charge in [0, 0.05) is 16.7 Å². The van der Waals surface area contributed by atoms with Crippen LogP contribution in [-0.2, 0) is 0 Å². The minimum atomic E-state index is -1.82. The van der Waals surface area contributed by atoms with Gasteiger partial charge in [0.25, 0.3) is 0 Å². The van der Waals surface area contributed by atoms with Gasteiger partial charge in [-0.3, -0.25) is 0 Å². The van der Waals surface area contributed by atoms with Crippen LogP contribution in [0.15, 0.2) is 127 Å². The summed E-state index contributed by atoms with van der Waals surface area (Å²) >= 11 is 0. The first-order valence-corrected chi connectivity index (χ1v) is 16.3. The fourth-order valence-corrected chi connectivity index (χ4v) is 8.91. The molecule has 186 valence electrons. The Kier molecular flexibility index (Phi) is 5.57. The molecule has 3 nitrogen and oxygen atoms in total. The van der Waals surface area contributed by atoms with Crippen LogP contribution >= 0.6 is 0 Å². The summed E-state index contributed by atoms with van der Waals surface area (Å²) in [5, 5.41) is 2.91. The van der Waals surface area contributed by atoms with Crippen molar-refractivity contribution in [1.29, 1.82) is 0 Å². The van der Waals surface area contributed by atoms with E-state index in [0.717, 1.165) is 27.8 Å². The molecule has 0 bridgehead atoms. The van der Waals surface area contributed by atoms with Crippen molar-refractivity contribution in [3.05, 3.63) is 127 Å². The normalized spacial score (nSPS) is 13.1. The fraction of sp³-hybridized carbons (Fsp3) is 0.0571. The summed E-state index contributed by atoms with van der Waals surface area (Å²) in [7, 11) is -1.82. The predicted molar refractivity (Wildman–Crippen MR) is 164 cm³/mol. The summed E-state index contributed by atoms with van der Waals surface area (Å²) in [4.78, 5) is 15.3. The number of benzene rings is 5. The lowest BCUT2D eigenvalue weighted by molar-refractivity contribution is 1.07. The van der Waals surface area contributed by atoms with E-state index in [1.54, 1.807) is 0 Å². The molecule has 39 heavy (non-hydrogen) atoms. The summed E-state index contributed by atoms with van der Waals surface area (Å²) in [6.07, 6.45) is 0. The third kappa shape index (κ3) is 3.92. The van der Waals surface area contributed by atoms with Crippen LogP contribution in [0.5, 0.6) is 0 Å². The highest BCUT2D eigenvalue weighted by atomic mass is 28.3. The number of fused-ring (bicyclic) bond motifs is 3. The van der Waals surface area contributed by atoms with Crippen LogP contribution in [0, 0.1) is 0 Å². The van der Waals surface area contributed by atoms with Crippen LogP contribution in [0.4, 0.5) is 0 Å². The zero-order chi connectivity index (χ0) is 26.4. The highest BCUT2D eigenvalue weighted by Gasteiger charge is 2.38. The second-order valence-electron chi connectivity index (χ2n) is 10.5. The van der Waals surface area contributed by atoms with Crippen molar-refractivity contribution in [3.63, 3.8) is 0 Å². The van der Waals surface area contributed by atoms with Gasteiger partial charge in [0.05, 0.1) is 0 Å². The monoisotopic (exact) mass is 517 g/mol. The minimum absolute atomic E-state index is 0.679.